The molecule has 29 heavy (non-hydrogen) atoms. The van der Waals surface area contributed by atoms with Crippen LogP contribution in [0.2, 0.25) is 0 Å². The van der Waals surface area contributed by atoms with E-state index < -0.39 is 24.5 Å². The first-order valence-corrected chi connectivity index (χ1v) is 9.29. The summed E-state index contributed by atoms with van der Waals surface area (Å²) in [4.78, 5) is 41.1. The highest BCUT2D eigenvalue weighted by molar-refractivity contribution is 6.06. The molecular weight excluding hydrogens is 374 g/mol. The molecule has 2 heterocycles. The average molecular weight is 393 g/mol. The van der Waals surface area contributed by atoms with Crippen LogP contribution in [0.15, 0.2) is 47.1 Å². The molecular formula is C21H19N3O5. The highest BCUT2D eigenvalue weighted by atomic mass is 16.5. The number of aryl methyl sites for hydroxylation is 1. The van der Waals surface area contributed by atoms with Crippen molar-refractivity contribution in [3.8, 4) is 0 Å². The summed E-state index contributed by atoms with van der Waals surface area (Å²) in [5.41, 5.74) is 2.96. The normalized spacial score (nSPS) is 12.4. The number of hydrogen-bond acceptors (Lipinski definition) is 6. The van der Waals surface area contributed by atoms with Gasteiger partial charge in [-0.3, -0.25) is 15.1 Å². The van der Waals surface area contributed by atoms with Gasteiger partial charge in [0.15, 0.2) is 6.61 Å². The first kappa shape index (κ1) is 18.7. The van der Waals surface area contributed by atoms with Gasteiger partial charge in [-0.1, -0.05) is 18.2 Å². The van der Waals surface area contributed by atoms with Crippen molar-refractivity contribution in [2.45, 2.75) is 25.8 Å². The lowest BCUT2D eigenvalue weighted by molar-refractivity contribution is -0.123. The highest BCUT2D eigenvalue weighted by Crippen LogP contribution is 2.30. The number of para-hydroxylation sites is 1. The summed E-state index contributed by atoms with van der Waals surface area (Å²) in [5, 5.41) is 5.30. The van der Waals surface area contributed by atoms with Crippen LogP contribution in [0.5, 0.6) is 0 Å². The van der Waals surface area contributed by atoms with Crippen LogP contribution in [-0.2, 0) is 28.9 Å². The number of aromatic nitrogens is 1. The van der Waals surface area contributed by atoms with Gasteiger partial charge in [0.05, 0.1) is 23.9 Å². The zero-order valence-corrected chi connectivity index (χ0v) is 15.6. The molecule has 0 saturated carbocycles. The van der Waals surface area contributed by atoms with Crippen LogP contribution in [0.25, 0.3) is 10.9 Å². The number of amides is 3. The Morgan fingerprint density at radius 2 is 1.97 bits per heavy atom. The van der Waals surface area contributed by atoms with Crippen LogP contribution in [-0.4, -0.2) is 29.5 Å². The minimum Gasteiger partial charge on any atom is -0.467 e. The SMILES string of the molecule is O=C(COC(=O)c1c2c(nc3ccccc13)CCC2)NC(=O)NCc1ccco1. The van der Waals surface area contributed by atoms with Crippen LogP contribution < -0.4 is 10.6 Å². The lowest BCUT2D eigenvalue weighted by Crippen LogP contribution is -2.41. The first-order chi connectivity index (χ1) is 14.1. The number of nitrogens with zero attached hydrogens (tertiary/aromatic N) is 1. The van der Waals surface area contributed by atoms with E-state index in [1.54, 1.807) is 12.1 Å². The van der Waals surface area contributed by atoms with E-state index in [2.05, 4.69) is 15.6 Å². The molecule has 0 radical (unpaired) electrons. The van der Waals surface area contributed by atoms with E-state index in [9.17, 15) is 14.4 Å². The third kappa shape index (κ3) is 4.11. The summed E-state index contributed by atoms with van der Waals surface area (Å²) >= 11 is 0. The van der Waals surface area contributed by atoms with Gasteiger partial charge in [-0.2, -0.15) is 0 Å². The van der Waals surface area contributed by atoms with Crippen molar-refractivity contribution in [3.63, 3.8) is 0 Å². The summed E-state index contributed by atoms with van der Waals surface area (Å²) in [6.45, 7) is -0.417. The second-order valence-corrected chi connectivity index (χ2v) is 6.67. The molecule has 8 nitrogen and oxygen atoms in total. The van der Waals surface area contributed by atoms with E-state index in [1.807, 2.05) is 24.3 Å². The topological polar surface area (TPSA) is 111 Å². The van der Waals surface area contributed by atoms with Crippen LogP contribution in [0.3, 0.4) is 0 Å². The molecule has 2 aromatic heterocycles. The molecule has 0 unspecified atom stereocenters. The number of carbonyl (C=O) groups is 3. The smallest absolute Gasteiger partial charge is 0.339 e. The van der Waals surface area contributed by atoms with Gasteiger partial charge in [0.25, 0.3) is 5.91 Å². The fraction of sp³-hybridized carbons (Fsp3) is 0.238. The monoisotopic (exact) mass is 393 g/mol. The Bertz CT molecular complexity index is 1080. The quantitative estimate of drug-likeness (QED) is 0.645. The number of imide groups is 1. The summed E-state index contributed by atoms with van der Waals surface area (Å²) in [6, 6.07) is 10.1. The summed E-state index contributed by atoms with van der Waals surface area (Å²) in [6.07, 6.45) is 3.98. The Balaban J connectivity index is 1.39. The number of esters is 1. The molecule has 148 valence electrons. The van der Waals surface area contributed by atoms with Crippen molar-refractivity contribution in [1.29, 1.82) is 0 Å². The molecule has 0 spiro atoms. The molecule has 3 amide bonds. The number of ether oxygens (including phenoxy) is 1. The van der Waals surface area contributed by atoms with Crippen molar-refractivity contribution in [2.75, 3.05) is 6.61 Å². The highest BCUT2D eigenvalue weighted by Gasteiger charge is 2.25. The molecule has 0 bridgehead atoms. The van der Waals surface area contributed by atoms with E-state index >= 15 is 0 Å². The van der Waals surface area contributed by atoms with E-state index in [0.29, 0.717) is 16.7 Å². The standard InChI is InChI=1S/C21H19N3O5/c25-18(24-21(27)22-11-13-5-4-10-28-13)12-29-20(26)19-14-6-1-2-8-16(14)23-17-9-3-7-15(17)19/h1-2,4-6,8,10H,3,7,9,11-12H2,(H2,22,24,25,27). The maximum absolute atomic E-state index is 12.7. The maximum Gasteiger partial charge on any atom is 0.339 e. The zero-order chi connectivity index (χ0) is 20.2. The Morgan fingerprint density at radius 3 is 2.79 bits per heavy atom. The molecule has 3 aromatic rings. The minimum atomic E-state index is -0.717. The lowest BCUT2D eigenvalue weighted by Gasteiger charge is -2.12. The Hall–Kier alpha value is -3.68. The van der Waals surface area contributed by atoms with Crippen molar-refractivity contribution in [1.82, 2.24) is 15.6 Å². The number of benzene rings is 1. The van der Waals surface area contributed by atoms with Crippen molar-refractivity contribution < 1.29 is 23.5 Å². The van der Waals surface area contributed by atoms with Gasteiger partial charge in [-0.25, -0.2) is 9.59 Å². The fourth-order valence-electron chi connectivity index (χ4n) is 3.43. The molecule has 4 rings (SSSR count). The molecule has 1 aliphatic rings. The molecule has 8 heteroatoms. The van der Waals surface area contributed by atoms with Gasteiger partial charge < -0.3 is 14.5 Å². The van der Waals surface area contributed by atoms with Crippen LogP contribution in [0, 0.1) is 0 Å². The Kier molecular flexibility index (Phi) is 5.24. The summed E-state index contributed by atoms with van der Waals surface area (Å²) in [7, 11) is 0. The number of fused-ring (bicyclic) bond motifs is 2. The van der Waals surface area contributed by atoms with Crippen molar-refractivity contribution >= 4 is 28.8 Å². The summed E-state index contributed by atoms with van der Waals surface area (Å²) < 4.78 is 10.3. The van der Waals surface area contributed by atoms with Gasteiger partial charge in [-0.15, -0.1) is 0 Å². The number of urea groups is 1. The second-order valence-electron chi connectivity index (χ2n) is 6.67. The number of nitrogens with one attached hydrogen (secondary N) is 2. The van der Waals surface area contributed by atoms with E-state index in [0.717, 1.165) is 36.0 Å². The number of pyridine rings is 1. The van der Waals surface area contributed by atoms with Gasteiger partial charge in [0.1, 0.15) is 5.76 Å². The van der Waals surface area contributed by atoms with Gasteiger partial charge >= 0.3 is 12.0 Å². The van der Waals surface area contributed by atoms with Gasteiger partial charge in [0, 0.05) is 11.1 Å². The Morgan fingerprint density at radius 1 is 1.10 bits per heavy atom. The third-order valence-electron chi connectivity index (χ3n) is 4.71. The van der Waals surface area contributed by atoms with Crippen LogP contribution >= 0.6 is 0 Å². The fourth-order valence-corrected chi connectivity index (χ4v) is 3.43. The van der Waals surface area contributed by atoms with Crippen LogP contribution in [0.1, 0.15) is 33.8 Å². The predicted molar refractivity (Wildman–Crippen MR) is 103 cm³/mol. The first-order valence-electron chi connectivity index (χ1n) is 9.29. The summed E-state index contributed by atoms with van der Waals surface area (Å²) in [5.74, 6) is -0.754. The molecule has 0 saturated heterocycles. The zero-order valence-electron chi connectivity index (χ0n) is 15.6. The number of furan rings is 1. The van der Waals surface area contributed by atoms with Crippen molar-refractivity contribution in [2.24, 2.45) is 0 Å². The molecule has 1 aromatic carbocycles. The number of carbonyl (C=O) groups excluding carboxylic acids is 3. The third-order valence-corrected chi connectivity index (χ3v) is 4.71. The molecule has 0 aliphatic heterocycles. The van der Waals surface area contributed by atoms with Gasteiger partial charge in [-0.05, 0) is 43.0 Å². The molecule has 0 fully saturated rings. The molecule has 1 aliphatic carbocycles. The second kappa shape index (κ2) is 8.14. The Labute approximate surface area is 166 Å². The van der Waals surface area contributed by atoms with Crippen LogP contribution in [0.4, 0.5) is 4.79 Å². The minimum absolute atomic E-state index is 0.140. The van der Waals surface area contributed by atoms with E-state index in [1.165, 1.54) is 6.26 Å². The average Bonchev–Trinajstić information content (AvgIpc) is 3.40. The molecule has 2 N–H and O–H groups in total. The molecule has 0 atom stereocenters. The number of rotatable bonds is 5. The largest absolute Gasteiger partial charge is 0.467 e. The maximum atomic E-state index is 12.7. The van der Waals surface area contributed by atoms with E-state index in [4.69, 9.17) is 9.15 Å². The number of hydrogen-bond donors (Lipinski definition) is 2. The van der Waals surface area contributed by atoms with Gasteiger partial charge in [0.2, 0.25) is 0 Å². The predicted octanol–water partition coefficient (Wildman–Crippen LogP) is 2.50. The lowest BCUT2D eigenvalue weighted by atomic mass is 10.0. The van der Waals surface area contributed by atoms with E-state index in [-0.39, 0.29) is 6.54 Å². The van der Waals surface area contributed by atoms with Crippen molar-refractivity contribution in [3.05, 3.63) is 65.2 Å².